The van der Waals surface area contributed by atoms with Crippen molar-refractivity contribution in [1.82, 2.24) is 14.6 Å². The van der Waals surface area contributed by atoms with E-state index in [-0.39, 0.29) is 18.3 Å². The Balaban J connectivity index is 1.85. The van der Waals surface area contributed by atoms with E-state index in [0.29, 0.717) is 0 Å². The van der Waals surface area contributed by atoms with Crippen molar-refractivity contribution in [3.05, 3.63) is 23.7 Å². The van der Waals surface area contributed by atoms with Crippen LogP contribution in [0.15, 0.2) is 12.5 Å². The van der Waals surface area contributed by atoms with Crippen LogP contribution < -0.4 is 5.46 Å². The molecular weight excluding hydrogens is 265 g/mol. The lowest BCUT2D eigenvalue weighted by molar-refractivity contribution is 0.00578. The highest BCUT2D eigenvalue weighted by molar-refractivity contribution is 6.62. The predicted octanol–water partition coefficient (Wildman–Crippen LogP) is 1.52. The van der Waals surface area contributed by atoms with Crippen molar-refractivity contribution in [3.8, 4) is 0 Å². The average molecular weight is 285 g/mol. The number of rotatable bonds is 1. The monoisotopic (exact) mass is 285 g/mol. The molecule has 5 nitrogen and oxygen atoms in total. The van der Waals surface area contributed by atoms with Gasteiger partial charge in [-0.3, -0.25) is 0 Å². The summed E-state index contributed by atoms with van der Waals surface area (Å²) >= 11 is 0. The predicted molar refractivity (Wildman–Crippen MR) is 80.7 cm³/mol. The third-order valence-electron chi connectivity index (χ3n) is 5.18. The second-order valence-corrected chi connectivity index (χ2v) is 7.01. The topological polar surface area (TPSA) is 48.7 Å². The van der Waals surface area contributed by atoms with Gasteiger partial charge in [0.15, 0.2) is 5.65 Å². The highest BCUT2D eigenvalue weighted by atomic mass is 16.7. The van der Waals surface area contributed by atoms with E-state index in [9.17, 15) is 0 Å². The fourth-order valence-electron chi connectivity index (χ4n) is 3.25. The molecule has 2 aromatic rings. The number of hydrogen-bond donors (Lipinski definition) is 0. The molecule has 1 saturated heterocycles. The first-order valence-corrected chi connectivity index (χ1v) is 7.59. The maximum absolute atomic E-state index is 6.22. The molecule has 3 heterocycles. The van der Waals surface area contributed by atoms with E-state index in [0.717, 1.165) is 30.4 Å². The molecule has 0 N–H and O–H groups in total. The Morgan fingerprint density at radius 2 is 1.76 bits per heavy atom. The van der Waals surface area contributed by atoms with Crippen molar-refractivity contribution in [3.63, 3.8) is 0 Å². The fourth-order valence-corrected chi connectivity index (χ4v) is 3.25. The molecule has 110 valence electrons. The maximum Gasteiger partial charge on any atom is 0.496 e. The summed E-state index contributed by atoms with van der Waals surface area (Å²) in [6.45, 7) is 8.34. The summed E-state index contributed by atoms with van der Waals surface area (Å²) in [7, 11) is -0.324. The Kier molecular flexibility index (Phi) is 2.58. The maximum atomic E-state index is 6.22. The van der Waals surface area contributed by atoms with Crippen LogP contribution in [0.25, 0.3) is 5.65 Å². The summed E-state index contributed by atoms with van der Waals surface area (Å²) < 4.78 is 14.3. The number of pyridine rings is 1. The highest BCUT2D eigenvalue weighted by Gasteiger charge is 2.52. The van der Waals surface area contributed by atoms with Crippen LogP contribution in [-0.4, -0.2) is 32.9 Å². The largest absolute Gasteiger partial charge is 0.496 e. The van der Waals surface area contributed by atoms with E-state index in [2.05, 4.69) is 37.8 Å². The van der Waals surface area contributed by atoms with Crippen molar-refractivity contribution in [2.24, 2.45) is 0 Å². The van der Waals surface area contributed by atoms with Gasteiger partial charge in [-0.1, -0.05) is 0 Å². The molecule has 0 unspecified atom stereocenters. The molecular formula is C15H20BN3O2. The molecule has 0 amide bonds. The van der Waals surface area contributed by atoms with Crippen LogP contribution in [0.3, 0.4) is 0 Å². The summed E-state index contributed by atoms with van der Waals surface area (Å²) in [5.74, 6) is 0. The van der Waals surface area contributed by atoms with Crippen LogP contribution in [0, 0.1) is 0 Å². The first kappa shape index (κ1) is 13.3. The lowest BCUT2D eigenvalue weighted by Crippen LogP contribution is -2.41. The standard InChI is InChI=1S/C15H20BN3O2/c1-14(2)15(3,4)21-16(20-14)12-8-19-13(17-9-18-19)11-7-5-6-10(11)12/h8-9H,5-7H2,1-4H3. The van der Waals surface area contributed by atoms with E-state index >= 15 is 0 Å². The molecule has 4 rings (SSSR count). The van der Waals surface area contributed by atoms with Gasteiger partial charge in [0.25, 0.3) is 0 Å². The third-order valence-corrected chi connectivity index (χ3v) is 5.18. The number of fused-ring (bicyclic) bond motifs is 3. The van der Waals surface area contributed by atoms with Gasteiger partial charge in [-0.25, -0.2) is 9.50 Å². The molecule has 1 aliphatic carbocycles. The summed E-state index contributed by atoms with van der Waals surface area (Å²) in [5, 5.41) is 4.30. The van der Waals surface area contributed by atoms with Crippen LogP contribution in [0.1, 0.15) is 45.2 Å². The fraction of sp³-hybridized carbons (Fsp3) is 0.600. The minimum Gasteiger partial charge on any atom is -0.399 e. The number of nitrogens with zero attached hydrogens (tertiary/aromatic N) is 3. The van der Waals surface area contributed by atoms with Gasteiger partial charge in [-0.05, 0) is 58.1 Å². The van der Waals surface area contributed by atoms with Crippen molar-refractivity contribution in [2.45, 2.75) is 58.2 Å². The first-order chi connectivity index (χ1) is 9.89. The Labute approximate surface area is 124 Å². The van der Waals surface area contributed by atoms with Crippen LogP contribution in [0.5, 0.6) is 0 Å². The number of aryl methyl sites for hydroxylation is 1. The lowest BCUT2D eigenvalue weighted by Gasteiger charge is -2.32. The van der Waals surface area contributed by atoms with Crippen molar-refractivity contribution in [1.29, 1.82) is 0 Å². The normalized spacial score (nSPS) is 23.0. The first-order valence-electron chi connectivity index (χ1n) is 7.59. The minimum atomic E-state index is -0.324. The van der Waals surface area contributed by atoms with Crippen LogP contribution in [0.4, 0.5) is 0 Å². The van der Waals surface area contributed by atoms with Gasteiger partial charge in [0.2, 0.25) is 0 Å². The minimum absolute atomic E-state index is 0.319. The molecule has 6 heteroatoms. The number of aromatic nitrogens is 3. The Morgan fingerprint density at radius 1 is 1.10 bits per heavy atom. The zero-order chi connectivity index (χ0) is 14.8. The van der Waals surface area contributed by atoms with E-state index in [1.807, 2.05) is 10.7 Å². The van der Waals surface area contributed by atoms with Crippen molar-refractivity contribution >= 4 is 18.2 Å². The number of hydrogen-bond acceptors (Lipinski definition) is 4. The van der Waals surface area contributed by atoms with Gasteiger partial charge in [0, 0.05) is 11.7 Å². The second kappa shape index (κ2) is 4.08. The van der Waals surface area contributed by atoms with Gasteiger partial charge in [-0.15, -0.1) is 0 Å². The lowest BCUT2D eigenvalue weighted by atomic mass is 9.76. The summed E-state index contributed by atoms with van der Waals surface area (Å²) in [6, 6.07) is 0. The van der Waals surface area contributed by atoms with E-state index in [4.69, 9.17) is 9.31 Å². The Hall–Kier alpha value is -1.40. The van der Waals surface area contributed by atoms with E-state index in [1.165, 1.54) is 11.1 Å². The average Bonchev–Trinajstić information content (AvgIpc) is 3.07. The second-order valence-electron chi connectivity index (χ2n) is 7.01. The third kappa shape index (κ3) is 1.79. The zero-order valence-corrected chi connectivity index (χ0v) is 13.0. The molecule has 0 bridgehead atoms. The molecule has 21 heavy (non-hydrogen) atoms. The summed E-state index contributed by atoms with van der Waals surface area (Å²) in [4.78, 5) is 4.39. The molecule has 0 atom stereocenters. The van der Waals surface area contributed by atoms with Gasteiger partial charge in [-0.2, -0.15) is 5.10 Å². The zero-order valence-electron chi connectivity index (χ0n) is 13.0. The summed E-state index contributed by atoms with van der Waals surface area (Å²) in [5.41, 5.74) is 4.09. The molecule has 0 aromatic carbocycles. The van der Waals surface area contributed by atoms with Gasteiger partial charge in [0.1, 0.15) is 6.33 Å². The van der Waals surface area contributed by atoms with Crippen LogP contribution in [0.2, 0.25) is 0 Å². The van der Waals surface area contributed by atoms with Crippen molar-refractivity contribution < 1.29 is 9.31 Å². The quantitative estimate of drug-likeness (QED) is 0.745. The Bertz CT molecular complexity index is 707. The molecule has 1 aliphatic heterocycles. The molecule has 0 radical (unpaired) electrons. The molecule has 2 aromatic heterocycles. The van der Waals surface area contributed by atoms with Gasteiger partial charge < -0.3 is 9.31 Å². The smallest absolute Gasteiger partial charge is 0.399 e. The molecule has 2 aliphatic rings. The van der Waals surface area contributed by atoms with Crippen molar-refractivity contribution in [2.75, 3.05) is 0 Å². The van der Waals surface area contributed by atoms with E-state index < -0.39 is 0 Å². The summed E-state index contributed by atoms with van der Waals surface area (Å²) in [6.07, 6.45) is 6.92. The van der Waals surface area contributed by atoms with Crippen LogP contribution >= 0.6 is 0 Å². The molecule has 0 saturated carbocycles. The van der Waals surface area contributed by atoms with Gasteiger partial charge in [0.05, 0.1) is 11.2 Å². The SMILES string of the molecule is CC1(C)OB(c2cn3ncnc3c3c2CCC3)OC1(C)C. The van der Waals surface area contributed by atoms with Gasteiger partial charge >= 0.3 is 7.12 Å². The molecule has 0 spiro atoms. The highest BCUT2D eigenvalue weighted by Crippen LogP contribution is 2.37. The Morgan fingerprint density at radius 3 is 2.48 bits per heavy atom. The van der Waals surface area contributed by atoms with Crippen LogP contribution in [-0.2, 0) is 22.2 Å². The van der Waals surface area contributed by atoms with E-state index in [1.54, 1.807) is 6.33 Å². The molecule has 1 fully saturated rings.